The second-order valence-electron chi connectivity index (χ2n) is 7.01. The largest absolute Gasteiger partial charge is 0.0656 e. The van der Waals surface area contributed by atoms with Gasteiger partial charge in [-0.1, -0.05) is 114 Å². The standard InChI is InChI=1S/C8H18.C5H10.C4H10.C3H8/c1-5-7-8(3,4)6-2;1-5-3-2-4-5;1-3-4-2;1-3-2/h5-7H2,1-4H3;5H,2-4H2,1H3;3-4H2,1-2H3;3H2,1-2H3. The van der Waals surface area contributed by atoms with Gasteiger partial charge in [-0.2, -0.15) is 0 Å². The fourth-order valence-electron chi connectivity index (χ4n) is 1.47. The Morgan fingerprint density at radius 1 is 0.800 bits per heavy atom. The Bertz CT molecular complexity index is 140. The molecule has 0 heterocycles. The van der Waals surface area contributed by atoms with E-state index in [0.717, 1.165) is 5.92 Å². The van der Waals surface area contributed by atoms with Crippen LogP contribution in [-0.4, -0.2) is 0 Å². The highest BCUT2D eigenvalue weighted by molar-refractivity contribution is 4.64. The molecule has 0 radical (unpaired) electrons. The third kappa shape index (κ3) is 26.5. The summed E-state index contributed by atoms with van der Waals surface area (Å²) < 4.78 is 0. The van der Waals surface area contributed by atoms with Gasteiger partial charge in [0, 0.05) is 0 Å². The molecule has 126 valence electrons. The van der Waals surface area contributed by atoms with Gasteiger partial charge in [0.25, 0.3) is 0 Å². The van der Waals surface area contributed by atoms with Crippen LogP contribution < -0.4 is 0 Å². The van der Waals surface area contributed by atoms with E-state index >= 15 is 0 Å². The number of rotatable bonds is 4. The minimum absolute atomic E-state index is 0.592. The zero-order valence-electron chi connectivity index (χ0n) is 16.4. The third-order valence-corrected chi connectivity index (χ3v) is 3.78. The molecule has 0 amide bonds. The van der Waals surface area contributed by atoms with Gasteiger partial charge in [0.1, 0.15) is 0 Å². The molecule has 1 saturated carbocycles. The molecule has 0 heteroatoms. The van der Waals surface area contributed by atoms with E-state index in [1.165, 1.54) is 57.8 Å². The van der Waals surface area contributed by atoms with Crippen molar-refractivity contribution in [2.24, 2.45) is 11.3 Å². The molecule has 0 atom stereocenters. The molecular weight excluding hydrogens is 240 g/mol. The molecule has 1 aliphatic rings. The van der Waals surface area contributed by atoms with E-state index in [9.17, 15) is 0 Å². The Balaban J connectivity index is -0.000000208. The summed E-state index contributed by atoms with van der Waals surface area (Å²) in [6, 6.07) is 0. The van der Waals surface area contributed by atoms with Crippen LogP contribution in [0.2, 0.25) is 0 Å². The molecule has 0 saturated heterocycles. The first kappa shape index (κ1) is 25.0. The Morgan fingerprint density at radius 2 is 1.15 bits per heavy atom. The van der Waals surface area contributed by atoms with Gasteiger partial charge in [0.15, 0.2) is 0 Å². The van der Waals surface area contributed by atoms with Crippen molar-refractivity contribution in [2.45, 2.75) is 120 Å². The molecule has 0 aliphatic heterocycles. The first-order chi connectivity index (χ1) is 9.34. The van der Waals surface area contributed by atoms with Crippen molar-refractivity contribution in [3.63, 3.8) is 0 Å². The van der Waals surface area contributed by atoms with E-state index in [0.29, 0.717) is 5.41 Å². The smallest absolute Gasteiger partial charge is 0.0357 e. The lowest BCUT2D eigenvalue weighted by Gasteiger charge is -2.20. The second-order valence-corrected chi connectivity index (χ2v) is 7.01. The highest BCUT2D eigenvalue weighted by atomic mass is 14.2. The van der Waals surface area contributed by atoms with Crippen LogP contribution in [0.15, 0.2) is 0 Å². The van der Waals surface area contributed by atoms with Crippen molar-refractivity contribution in [3.8, 4) is 0 Å². The molecule has 1 rings (SSSR count). The third-order valence-electron chi connectivity index (χ3n) is 3.78. The predicted octanol–water partition coefficient (Wildman–Crippen LogP) is 8.25. The lowest BCUT2D eigenvalue weighted by Crippen LogP contribution is -2.07. The average molecular weight is 287 g/mol. The van der Waals surface area contributed by atoms with Crippen LogP contribution in [0.4, 0.5) is 0 Å². The highest BCUT2D eigenvalue weighted by Crippen LogP contribution is 2.25. The van der Waals surface area contributed by atoms with Crippen molar-refractivity contribution >= 4 is 0 Å². The molecule has 0 unspecified atom stereocenters. The highest BCUT2D eigenvalue weighted by Gasteiger charge is 2.11. The van der Waals surface area contributed by atoms with Gasteiger partial charge < -0.3 is 0 Å². The SMILES string of the molecule is CC1CCC1.CCC.CCCC.CCCC(C)(C)CC. The van der Waals surface area contributed by atoms with Crippen LogP contribution in [0.1, 0.15) is 120 Å². The first-order valence-electron chi connectivity index (χ1n) is 9.34. The summed E-state index contributed by atoms with van der Waals surface area (Å²) in [4.78, 5) is 0. The Kier molecular flexibility index (Phi) is 23.7. The summed E-state index contributed by atoms with van der Waals surface area (Å²) in [5.74, 6) is 1.06. The van der Waals surface area contributed by atoms with E-state index in [-0.39, 0.29) is 0 Å². The Morgan fingerprint density at radius 3 is 1.20 bits per heavy atom. The summed E-state index contributed by atoms with van der Waals surface area (Å²) in [7, 11) is 0. The van der Waals surface area contributed by atoms with Crippen LogP contribution in [0.3, 0.4) is 0 Å². The molecule has 0 aromatic heterocycles. The topological polar surface area (TPSA) is 0 Å². The monoisotopic (exact) mass is 286 g/mol. The molecule has 20 heavy (non-hydrogen) atoms. The molecule has 0 aromatic rings. The summed E-state index contributed by atoms with van der Waals surface area (Å²) in [5.41, 5.74) is 0.592. The molecule has 0 spiro atoms. The molecule has 0 N–H and O–H groups in total. The van der Waals surface area contributed by atoms with Gasteiger partial charge >= 0.3 is 0 Å². The number of unbranched alkanes of at least 4 members (excludes halogenated alkanes) is 1. The minimum atomic E-state index is 0.592. The van der Waals surface area contributed by atoms with Crippen LogP contribution >= 0.6 is 0 Å². The van der Waals surface area contributed by atoms with Crippen molar-refractivity contribution in [1.29, 1.82) is 0 Å². The molecule has 1 fully saturated rings. The maximum Gasteiger partial charge on any atom is -0.0357 e. The van der Waals surface area contributed by atoms with E-state index < -0.39 is 0 Å². The summed E-state index contributed by atoms with van der Waals surface area (Å²) in [6.07, 6.45) is 12.3. The van der Waals surface area contributed by atoms with Gasteiger partial charge in [0.05, 0.1) is 0 Å². The first-order valence-corrected chi connectivity index (χ1v) is 9.34. The lowest BCUT2D eigenvalue weighted by molar-refractivity contribution is 0.319. The van der Waals surface area contributed by atoms with Crippen molar-refractivity contribution < 1.29 is 0 Å². The summed E-state index contributed by atoms with van der Waals surface area (Å²) >= 11 is 0. The van der Waals surface area contributed by atoms with Crippen molar-refractivity contribution in [1.82, 2.24) is 0 Å². The zero-order valence-corrected chi connectivity index (χ0v) is 16.4. The predicted molar refractivity (Wildman–Crippen MR) is 98.5 cm³/mol. The van der Waals surface area contributed by atoms with Gasteiger partial charge in [0.2, 0.25) is 0 Å². The van der Waals surface area contributed by atoms with Crippen molar-refractivity contribution in [3.05, 3.63) is 0 Å². The molecule has 0 aromatic carbocycles. The van der Waals surface area contributed by atoms with Crippen LogP contribution in [0, 0.1) is 11.3 Å². The van der Waals surface area contributed by atoms with Gasteiger partial charge in [-0.3, -0.25) is 0 Å². The quantitative estimate of drug-likeness (QED) is 0.488. The maximum absolute atomic E-state index is 2.33. The number of hydrogen-bond donors (Lipinski definition) is 0. The maximum atomic E-state index is 2.33. The molecular formula is C20H46. The fourth-order valence-corrected chi connectivity index (χ4v) is 1.47. The lowest BCUT2D eigenvalue weighted by atomic mass is 9.86. The number of hydrogen-bond acceptors (Lipinski definition) is 0. The van der Waals surface area contributed by atoms with Crippen molar-refractivity contribution in [2.75, 3.05) is 0 Å². The van der Waals surface area contributed by atoms with Gasteiger partial charge in [-0.15, -0.1) is 0 Å². The Hall–Kier alpha value is 0. The fraction of sp³-hybridized carbons (Fsp3) is 1.00. The van der Waals surface area contributed by atoms with Crippen LogP contribution in [-0.2, 0) is 0 Å². The van der Waals surface area contributed by atoms with Crippen LogP contribution in [0.25, 0.3) is 0 Å². The minimum Gasteiger partial charge on any atom is -0.0656 e. The van der Waals surface area contributed by atoms with Gasteiger partial charge in [-0.05, 0) is 17.8 Å². The van der Waals surface area contributed by atoms with Crippen LogP contribution in [0.5, 0.6) is 0 Å². The van der Waals surface area contributed by atoms with E-state index in [4.69, 9.17) is 0 Å². The summed E-state index contributed by atoms with van der Waals surface area (Å²) in [5, 5.41) is 0. The summed E-state index contributed by atoms with van der Waals surface area (Å²) in [6.45, 7) is 20.1. The zero-order chi connectivity index (χ0) is 16.4. The normalized spacial score (nSPS) is 13.7. The molecule has 1 aliphatic carbocycles. The van der Waals surface area contributed by atoms with E-state index in [1.54, 1.807) is 0 Å². The van der Waals surface area contributed by atoms with E-state index in [2.05, 4.69) is 62.3 Å². The second kappa shape index (κ2) is 19.0. The van der Waals surface area contributed by atoms with E-state index in [1.807, 2.05) is 0 Å². The molecule has 0 nitrogen and oxygen atoms in total. The molecule has 0 bridgehead atoms. The Labute approximate surface area is 132 Å². The van der Waals surface area contributed by atoms with Gasteiger partial charge in [-0.25, -0.2) is 0 Å². The average Bonchev–Trinajstić information content (AvgIpc) is 2.38.